The summed E-state index contributed by atoms with van der Waals surface area (Å²) >= 11 is 1.27. The Morgan fingerprint density at radius 2 is 2.56 bits per heavy atom. The number of amides is 1. The van der Waals surface area contributed by atoms with Crippen molar-refractivity contribution in [3.05, 3.63) is 12.7 Å². The van der Waals surface area contributed by atoms with Gasteiger partial charge in [-0.15, -0.1) is 6.58 Å². The quantitative estimate of drug-likeness (QED) is 0.612. The Kier molecular flexibility index (Phi) is 5.41. The number of hydrogen-bond donors (Lipinski definition) is 1. The van der Waals surface area contributed by atoms with Crippen LogP contribution >= 0.6 is 11.8 Å². The molecule has 0 saturated carbocycles. The van der Waals surface area contributed by atoms with Crippen molar-refractivity contribution in [2.45, 2.75) is 6.92 Å². The van der Waals surface area contributed by atoms with E-state index >= 15 is 0 Å². The van der Waals surface area contributed by atoms with Gasteiger partial charge in [0.25, 0.3) is 5.24 Å². The van der Waals surface area contributed by atoms with Gasteiger partial charge in [0, 0.05) is 6.54 Å². The summed E-state index contributed by atoms with van der Waals surface area (Å²) in [5.41, 5.74) is 0. The molecule has 9 heavy (non-hydrogen) atoms. The topological polar surface area (TPSA) is 29.1 Å². The molecular weight excluding hydrogens is 134 g/mol. The Bertz CT molecular complexity index is 103. The molecule has 0 atom stereocenters. The molecule has 0 saturated heterocycles. The summed E-state index contributed by atoms with van der Waals surface area (Å²) < 4.78 is 0. The van der Waals surface area contributed by atoms with Crippen molar-refractivity contribution < 1.29 is 4.79 Å². The van der Waals surface area contributed by atoms with E-state index in [-0.39, 0.29) is 5.24 Å². The zero-order chi connectivity index (χ0) is 7.11. The van der Waals surface area contributed by atoms with Crippen LogP contribution in [0.3, 0.4) is 0 Å². The Morgan fingerprint density at radius 1 is 1.89 bits per heavy atom. The van der Waals surface area contributed by atoms with Crippen LogP contribution in [0, 0.1) is 0 Å². The molecule has 0 aliphatic rings. The van der Waals surface area contributed by atoms with Gasteiger partial charge < -0.3 is 5.32 Å². The third-order valence-corrected chi connectivity index (χ3v) is 1.36. The molecule has 0 rings (SSSR count). The fraction of sp³-hybridized carbons (Fsp3) is 0.500. The minimum absolute atomic E-state index is 0.0254. The van der Waals surface area contributed by atoms with Gasteiger partial charge in [-0.3, -0.25) is 4.79 Å². The molecule has 0 aromatic rings. The molecule has 0 spiro atoms. The van der Waals surface area contributed by atoms with E-state index in [1.165, 1.54) is 11.8 Å². The van der Waals surface area contributed by atoms with Crippen LogP contribution in [0.4, 0.5) is 4.79 Å². The zero-order valence-electron chi connectivity index (χ0n) is 5.52. The number of nitrogens with one attached hydrogen (secondary N) is 1. The zero-order valence-corrected chi connectivity index (χ0v) is 6.33. The molecule has 52 valence electrons. The van der Waals surface area contributed by atoms with Crippen LogP contribution in [0.2, 0.25) is 0 Å². The highest BCUT2D eigenvalue weighted by Crippen LogP contribution is 1.97. The highest BCUT2D eigenvalue weighted by atomic mass is 32.2. The summed E-state index contributed by atoms with van der Waals surface area (Å²) in [6.45, 7) is 5.97. The molecular formula is C6H11NOS. The van der Waals surface area contributed by atoms with Gasteiger partial charge in [0.15, 0.2) is 0 Å². The fourth-order valence-corrected chi connectivity index (χ4v) is 0.785. The van der Waals surface area contributed by atoms with E-state index in [2.05, 4.69) is 11.9 Å². The van der Waals surface area contributed by atoms with Crippen molar-refractivity contribution in [1.29, 1.82) is 0 Å². The Hall–Kier alpha value is -0.440. The monoisotopic (exact) mass is 145 g/mol. The maximum absolute atomic E-state index is 10.6. The van der Waals surface area contributed by atoms with E-state index < -0.39 is 0 Å². The third kappa shape index (κ3) is 5.43. The Labute approximate surface area is 59.7 Å². The molecule has 2 nitrogen and oxygen atoms in total. The van der Waals surface area contributed by atoms with E-state index in [4.69, 9.17) is 0 Å². The van der Waals surface area contributed by atoms with Crippen LogP contribution in [-0.4, -0.2) is 17.5 Å². The SMILES string of the molecule is C=CCNC(=O)SCC. The predicted molar refractivity (Wildman–Crippen MR) is 41.7 cm³/mol. The van der Waals surface area contributed by atoms with Crippen molar-refractivity contribution in [2.75, 3.05) is 12.3 Å². The Morgan fingerprint density at radius 3 is 3.00 bits per heavy atom. The second-order valence-electron chi connectivity index (χ2n) is 1.39. The van der Waals surface area contributed by atoms with Crippen LogP contribution in [0.5, 0.6) is 0 Å². The molecule has 1 N–H and O–H groups in total. The first-order chi connectivity index (χ1) is 4.31. The van der Waals surface area contributed by atoms with Crippen LogP contribution in [0.1, 0.15) is 6.92 Å². The second kappa shape index (κ2) is 5.69. The maximum Gasteiger partial charge on any atom is 0.279 e. The van der Waals surface area contributed by atoms with Crippen molar-refractivity contribution >= 4 is 17.0 Å². The largest absolute Gasteiger partial charge is 0.344 e. The lowest BCUT2D eigenvalue weighted by molar-refractivity contribution is 0.261. The first-order valence-electron chi connectivity index (χ1n) is 2.82. The Balaban J connectivity index is 3.16. The fourth-order valence-electron chi connectivity index (χ4n) is 0.338. The molecule has 0 aromatic carbocycles. The van der Waals surface area contributed by atoms with Gasteiger partial charge in [-0.1, -0.05) is 24.8 Å². The average Bonchev–Trinajstić information content (AvgIpc) is 1.85. The van der Waals surface area contributed by atoms with Crippen molar-refractivity contribution in [1.82, 2.24) is 5.32 Å². The smallest absolute Gasteiger partial charge is 0.279 e. The number of carbonyl (C=O) groups excluding carboxylic acids is 1. The number of rotatable bonds is 3. The normalized spacial score (nSPS) is 8.56. The van der Waals surface area contributed by atoms with Crippen LogP contribution in [-0.2, 0) is 0 Å². The van der Waals surface area contributed by atoms with Gasteiger partial charge in [0.05, 0.1) is 0 Å². The molecule has 0 heterocycles. The van der Waals surface area contributed by atoms with Gasteiger partial charge >= 0.3 is 0 Å². The van der Waals surface area contributed by atoms with Gasteiger partial charge in [-0.2, -0.15) is 0 Å². The van der Waals surface area contributed by atoms with E-state index in [0.717, 1.165) is 5.75 Å². The molecule has 3 heteroatoms. The van der Waals surface area contributed by atoms with E-state index in [1.54, 1.807) is 6.08 Å². The molecule has 0 aliphatic carbocycles. The standard InChI is InChI=1S/C6H11NOS/c1-3-5-7-6(8)9-4-2/h3H,1,4-5H2,2H3,(H,7,8). The number of carbonyl (C=O) groups is 1. The summed E-state index contributed by atoms with van der Waals surface area (Å²) in [5, 5.41) is 2.66. The predicted octanol–water partition coefficient (Wildman–Crippen LogP) is 1.64. The lowest BCUT2D eigenvalue weighted by Gasteiger charge is -1.96. The second-order valence-corrected chi connectivity index (χ2v) is 2.63. The van der Waals surface area contributed by atoms with Crippen LogP contribution in [0.15, 0.2) is 12.7 Å². The molecule has 0 fully saturated rings. The highest BCUT2D eigenvalue weighted by Gasteiger charge is 1.94. The van der Waals surface area contributed by atoms with Gasteiger partial charge in [-0.25, -0.2) is 0 Å². The molecule has 0 aliphatic heterocycles. The summed E-state index contributed by atoms with van der Waals surface area (Å²) in [4.78, 5) is 10.6. The van der Waals surface area contributed by atoms with E-state index in [0.29, 0.717) is 6.54 Å². The first-order valence-corrected chi connectivity index (χ1v) is 3.81. The lowest BCUT2D eigenvalue weighted by atomic mass is 10.6. The minimum Gasteiger partial charge on any atom is -0.344 e. The first kappa shape index (κ1) is 8.56. The van der Waals surface area contributed by atoms with Crippen molar-refractivity contribution in [3.8, 4) is 0 Å². The van der Waals surface area contributed by atoms with Crippen molar-refractivity contribution in [3.63, 3.8) is 0 Å². The van der Waals surface area contributed by atoms with Gasteiger partial charge in [0.2, 0.25) is 0 Å². The van der Waals surface area contributed by atoms with Crippen LogP contribution in [0.25, 0.3) is 0 Å². The van der Waals surface area contributed by atoms with Crippen LogP contribution < -0.4 is 5.32 Å². The summed E-state index contributed by atoms with van der Waals surface area (Å²) in [6, 6.07) is 0. The molecule has 0 aromatic heterocycles. The number of hydrogen-bond acceptors (Lipinski definition) is 2. The molecule has 0 unspecified atom stereocenters. The minimum atomic E-state index is 0.0254. The lowest BCUT2D eigenvalue weighted by Crippen LogP contribution is -2.18. The molecule has 0 radical (unpaired) electrons. The van der Waals surface area contributed by atoms with Gasteiger partial charge in [0.1, 0.15) is 0 Å². The molecule has 0 bridgehead atoms. The summed E-state index contributed by atoms with van der Waals surface area (Å²) in [6.07, 6.45) is 1.66. The van der Waals surface area contributed by atoms with Gasteiger partial charge in [-0.05, 0) is 5.75 Å². The number of thioether (sulfide) groups is 1. The van der Waals surface area contributed by atoms with E-state index in [1.807, 2.05) is 6.92 Å². The maximum atomic E-state index is 10.6. The van der Waals surface area contributed by atoms with E-state index in [9.17, 15) is 4.79 Å². The third-order valence-electron chi connectivity index (χ3n) is 0.666. The highest BCUT2D eigenvalue weighted by molar-refractivity contribution is 8.13. The summed E-state index contributed by atoms with van der Waals surface area (Å²) in [5.74, 6) is 0.822. The average molecular weight is 145 g/mol. The summed E-state index contributed by atoms with van der Waals surface area (Å²) in [7, 11) is 0. The molecule has 1 amide bonds. The van der Waals surface area contributed by atoms with Crippen molar-refractivity contribution in [2.24, 2.45) is 0 Å².